The quantitative estimate of drug-likeness (QED) is 0.905. The van der Waals surface area contributed by atoms with E-state index in [0.29, 0.717) is 6.54 Å². The number of carbonyl (C=O) groups is 1. The molecule has 0 aromatic heterocycles. The molecule has 0 bridgehead atoms. The molecule has 0 spiro atoms. The predicted octanol–water partition coefficient (Wildman–Crippen LogP) is 4.47. The van der Waals surface area contributed by atoms with E-state index in [1.54, 1.807) is 4.90 Å². The number of fused-ring (bicyclic) bond motifs is 1. The number of benzene rings is 2. The van der Waals surface area contributed by atoms with Gasteiger partial charge in [0.15, 0.2) is 0 Å². The van der Waals surface area contributed by atoms with Crippen LogP contribution in [-0.2, 0) is 16.8 Å². The number of hydrogen-bond donors (Lipinski definition) is 1. The molecular formula is C20H24N2O2. The maximum Gasteiger partial charge on any atom is 0.414 e. The molecule has 0 atom stereocenters. The molecule has 4 heteroatoms. The highest BCUT2D eigenvalue weighted by molar-refractivity contribution is 5.92. The molecule has 0 saturated heterocycles. The number of carbonyl (C=O) groups excluding carboxylic acids is 1. The Morgan fingerprint density at radius 1 is 1.21 bits per heavy atom. The average Bonchev–Trinajstić information content (AvgIpc) is 2.85. The van der Waals surface area contributed by atoms with Gasteiger partial charge in [0.05, 0.1) is 5.69 Å². The van der Waals surface area contributed by atoms with Gasteiger partial charge in [0.2, 0.25) is 0 Å². The van der Waals surface area contributed by atoms with Crippen molar-refractivity contribution in [2.75, 3.05) is 23.8 Å². The minimum atomic E-state index is -0.296. The van der Waals surface area contributed by atoms with E-state index in [1.807, 2.05) is 50.4 Å². The van der Waals surface area contributed by atoms with Gasteiger partial charge in [-0.2, -0.15) is 0 Å². The zero-order chi connectivity index (χ0) is 17.3. The molecule has 126 valence electrons. The number of nitrogens with one attached hydrogen (secondary N) is 1. The Balaban J connectivity index is 1.77. The number of anilines is 2. The van der Waals surface area contributed by atoms with Gasteiger partial charge >= 0.3 is 6.09 Å². The summed E-state index contributed by atoms with van der Waals surface area (Å²) in [6.07, 6.45) is -0.296. The largest absolute Gasteiger partial charge is 0.444 e. The molecule has 1 aliphatic rings. The van der Waals surface area contributed by atoms with Crippen LogP contribution in [0.1, 0.15) is 30.5 Å². The molecule has 2 aromatic carbocycles. The summed E-state index contributed by atoms with van der Waals surface area (Å²) in [5.74, 6) is 0. The molecule has 4 nitrogen and oxygen atoms in total. The first-order chi connectivity index (χ1) is 11.4. The molecule has 0 radical (unpaired) electrons. The van der Waals surface area contributed by atoms with E-state index >= 15 is 0 Å². The number of hydrogen-bond acceptors (Lipinski definition) is 3. The lowest BCUT2D eigenvalue weighted by molar-refractivity contribution is 0.147. The smallest absolute Gasteiger partial charge is 0.414 e. The Kier molecular flexibility index (Phi) is 4.22. The summed E-state index contributed by atoms with van der Waals surface area (Å²) in [5.41, 5.74) is 5.21. The third kappa shape index (κ3) is 3.09. The first-order valence-corrected chi connectivity index (χ1v) is 8.23. The number of ether oxygens (including phenoxy) is 1. The number of aryl methyl sites for hydroxylation is 1. The van der Waals surface area contributed by atoms with E-state index < -0.39 is 0 Å². The van der Waals surface area contributed by atoms with Crippen LogP contribution in [0.4, 0.5) is 16.2 Å². The van der Waals surface area contributed by atoms with Crippen molar-refractivity contribution in [3.8, 4) is 0 Å². The summed E-state index contributed by atoms with van der Waals surface area (Å²) >= 11 is 0. The zero-order valence-electron chi connectivity index (χ0n) is 14.7. The van der Waals surface area contributed by atoms with E-state index in [4.69, 9.17) is 4.74 Å². The maximum absolute atomic E-state index is 12.6. The Morgan fingerprint density at radius 3 is 2.58 bits per heavy atom. The van der Waals surface area contributed by atoms with Gasteiger partial charge in [-0.3, -0.25) is 4.90 Å². The molecule has 1 amide bonds. The van der Waals surface area contributed by atoms with E-state index in [-0.39, 0.29) is 18.1 Å². The molecule has 1 heterocycles. The highest BCUT2D eigenvalue weighted by Gasteiger charge is 2.38. The second kappa shape index (κ2) is 6.19. The van der Waals surface area contributed by atoms with E-state index in [2.05, 4.69) is 25.2 Å². The van der Waals surface area contributed by atoms with Gasteiger partial charge in [0.1, 0.15) is 6.61 Å². The van der Waals surface area contributed by atoms with Crippen LogP contribution in [-0.4, -0.2) is 19.7 Å². The van der Waals surface area contributed by atoms with Crippen molar-refractivity contribution in [3.63, 3.8) is 0 Å². The summed E-state index contributed by atoms with van der Waals surface area (Å²) in [4.78, 5) is 14.4. The topological polar surface area (TPSA) is 41.6 Å². The van der Waals surface area contributed by atoms with E-state index in [9.17, 15) is 4.79 Å². The van der Waals surface area contributed by atoms with Crippen LogP contribution >= 0.6 is 0 Å². The SMILES string of the molecule is CNc1ccc2c(c1)N(C(=O)OCc1ccc(C)cc1)CC2(C)C. The fourth-order valence-electron chi connectivity index (χ4n) is 3.12. The normalized spacial score (nSPS) is 15.1. The molecule has 2 aromatic rings. The minimum absolute atomic E-state index is 0.0789. The lowest BCUT2D eigenvalue weighted by Gasteiger charge is -2.20. The second-order valence-corrected chi connectivity index (χ2v) is 6.99. The van der Waals surface area contributed by atoms with Gasteiger partial charge in [-0.25, -0.2) is 4.79 Å². The zero-order valence-corrected chi connectivity index (χ0v) is 14.7. The Hall–Kier alpha value is -2.49. The van der Waals surface area contributed by atoms with Gasteiger partial charge in [-0.05, 0) is 30.2 Å². The number of amides is 1. The van der Waals surface area contributed by atoms with Crippen LogP contribution in [0.15, 0.2) is 42.5 Å². The third-order valence-electron chi connectivity index (χ3n) is 4.56. The Bertz CT molecular complexity index is 751. The summed E-state index contributed by atoms with van der Waals surface area (Å²) in [7, 11) is 1.88. The monoisotopic (exact) mass is 324 g/mol. The van der Waals surface area contributed by atoms with Gasteiger partial charge in [0.25, 0.3) is 0 Å². The molecule has 0 aliphatic carbocycles. The second-order valence-electron chi connectivity index (χ2n) is 6.99. The first kappa shape index (κ1) is 16.4. The Morgan fingerprint density at radius 2 is 1.92 bits per heavy atom. The van der Waals surface area contributed by atoms with Crippen LogP contribution in [0.5, 0.6) is 0 Å². The van der Waals surface area contributed by atoms with Crippen LogP contribution in [0.3, 0.4) is 0 Å². The fourth-order valence-corrected chi connectivity index (χ4v) is 3.12. The maximum atomic E-state index is 12.6. The van der Waals surface area contributed by atoms with Crippen LogP contribution in [0.2, 0.25) is 0 Å². The van der Waals surface area contributed by atoms with E-state index in [1.165, 1.54) is 11.1 Å². The molecule has 3 rings (SSSR count). The van der Waals surface area contributed by atoms with Crippen LogP contribution < -0.4 is 10.2 Å². The average molecular weight is 324 g/mol. The summed E-state index contributed by atoms with van der Waals surface area (Å²) in [5, 5.41) is 3.13. The lowest BCUT2D eigenvalue weighted by atomic mass is 9.87. The summed E-state index contributed by atoms with van der Waals surface area (Å²) in [6, 6.07) is 14.2. The summed E-state index contributed by atoms with van der Waals surface area (Å²) < 4.78 is 5.54. The van der Waals surface area contributed by atoms with Gasteiger partial charge in [-0.1, -0.05) is 49.7 Å². The standard InChI is InChI=1S/C20H24N2O2/c1-14-5-7-15(8-6-14)12-24-19(23)22-13-20(2,3)17-10-9-16(21-4)11-18(17)22/h5-11,21H,12-13H2,1-4H3. The molecule has 1 N–H and O–H groups in total. The molecular weight excluding hydrogens is 300 g/mol. The van der Waals surface area contributed by atoms with Crippen molar-refractivity contribution in [1.82, 2.24) is 0 Å². The Labute approximate surface area is 143 Å². The van der Waals surface area contributed by atoms with Crippen molar-refractivity contribution in [3.05, 3.63) is 59.2 Å². The number of rotatable bonds is 3. The van der Waals surface area contributed by atoms with Crippen molar-refractivity contribution < 1.29 is 9.53 Å². The first-order valence-electron chi connectivity index (χ1n) is 8.23. The fraction of sp³-hybridized carbons (Fsp3) is 0.350. The van der Waals surface area contributed by atoms with Crippen molar-refractivity contribution in [2.24, 2.45) is 0 Å². The summed E-state index contributed by atoms with van der Waals surface area (Å²) in [6.45, 7) is 7.26. The van der Waals surface area contributed by atoms with Gasteiger partial charge < -0.3 is 10.1 Å². The highest BCUT2D eigenvalue weighted by Crippen LogP contribution is 2.42. The van der Waals surface area contributed by atoms with Crippen LogP contribution in [0, 0.1) is 6.92 Å². The molecule has 0 saturated carbocycles. The van der Waals surface area contributed by atoms with Gasteiger partial charge in [-0.15, -0.1) is 0 Å². The lowest BCUT2D eigenvalue weighted by Crippen LogP contribution is -2.34. The van der Waals surface area contributed by atoms with Crippen molar-refractivity contribution in [1.29, 1.82) is 0 Å². The number of nitrogens with zero attached hydrogens (tertiary/aromatic N) is 1. The van der Waals surface area contributed by atoms with Crippen molar-refractivity contribution in [2.45, 2.75) is 32.8 Å². The third-order valence-corrected chi connectivity index (χ3v) is 4.56. The highest BCUT2D eigenvalue weighted by atomic mass is 16.6. The van der Waals surface area contributed by atoms with Crippen molar-refractivity contribution >= 4 is 17.5 Å². The molecule has 1 aliphatic heterocycles. The predicted molar refractivity (Wildman–Crippen MR) is 97.7 cm³/mol. The van der Waals surface area contributed by atoms with E-state index in [0.717, 1.165) is 16.9 Å². The molecule has 0 fully saturated rings. The molecule has 24 heavy (non-hydrogen) atoms. The van der Waals surface area contributed by atoms with Gasteiger partial charge in [0, 0.05) is 24.7 Å². The minimum Gasteiger partial charge on any atom is -0.444 e. The van der Waals surface area contributed by atoms with Crippen LogP contribution in [0.25, 0.3) is 0 Å². The molecule has 0 unspecified atom stereocenters.